The van der Waals surface area contributed by atoms with E-state index in [0.29, 0.717) is 19.4 Å². The Morgan fingerprint density at radius 1 is 1.18 bits per heavy atom. The van der Waals surface area contributed by atoms with Crippen molar-refractivity contribution < 1.29 is 24.2 Å². The number of esters is 1. The number of amides is 1. The molecule has 33 heavy (non-hydrogen) atoms. The van der Waals surface area contributed by atoms with Crippen molar-refractivity contribution in [2.24, 2.45) is 11.8 Å². The van der Waals surface area contributed by atoms with Crippen molar-refractivity contribution in [1.82, 2.24) is 5.32 Å². The van der Waals surface area contributed by atoms with Crippen LogP contribution in [0, 0.1) is 11.8 Å². The molecule has 1 saturated carbocycles. The molecule has 1 aliphatic carbocycles. The molecule has 1 aliphatic heterocycles. The Kier molecular flexibility index (Phi) is 6.98. The van der Waals surface area contributed by atoms with Gasteiger partial charge in [0.15, 0.2) is 11.9 Å². The molecule has 1 fully saturated rings. The number of rotatable bonds is 9. The van der Waals surface area contributed by atoms with Crippen LogP contribution in [0.25, 0.3) is 0 Å². The molecular weight excluding hydrogens is 438 g/mol. The van der Waals surface area contributed by atoms with Gasteiger partial charge in [0.05, 0.1) is 12.1 Å². The number of hydrogen-bond acceptors (Lipinski definition) is 6. The predicted octanol–water partition coefficient (Wildman–Crippen LogP) is 4.45. The fourth-order valence-electron chi connectivity index (χ4n) is 4.47. The fraction of sp³-hybridized carbons (Fsp3) is 0.423. The second kappa shape index (κ2) is 9.91. The Hall–Kier alpha value is -2.93. The number of cyclic esters (lactones) is 1. The average Bonchev–Trinajstić information content (AvgIpc) is 3.53. The number of Topliss-reactive ketones (excluding diaryl/α,β-unsaturated/α-hetero) is 1. The summed E-state index contributed by atoms with van der Waals surface area (Å²) in [6, 6.07) is 13.6. The largest absolute Gasteiger partial charge is 0.504 e. The second-order valence-corrected chi connectivity index (χ2v) is 10.0. The monoisotopic (exact) mass is 467 g/mol. The zero-order valence-electron chi connectivity index (χ0n) is 18.9. The van der Waals surface area contributed by atoms with Crippen LogP contribution < -0.4 is 5.32 Å². The van der Waals surface area contributed by atoms with Crippen LogP contribution in [-0.4, -0.2) is 28.9 Å². The van der Waals surface area contributed by atoms with E-state index in [1.165, 1.54) is 18.3 Å². The average molecular weight is 468 g/mol. The van der Waals surface area contributed by atoms with Gasteiger partial charge in [0.1, 0.15) is 0 Å². The first kappa shape index (κ1) is 23.2. The van der Waals surface area contributed by atoms with Gasteiger partial charge in [-0.2, -0.15) is 0 Å². The van der Waals surface area contributed by atoms with Gasteiger partial charge < -0.3 is 15.2 Å². The molecule has 6 nitrogen and oxygen atoms in total. The number of carbonyl (C=O) groups is 3. The van der Waals surface area contributed by atoms with E-state index in [9.17, 15) is 19.5 Å². The molecule has 3 unspecified atom stereocenters. The summed E-state index contributed by atoms with van der Waals surface area (Å²) in [7, 11) is 0. The summed E-state index contributed by atoms with van der Waals surface area (Å²) >= 11 is 1.48. The van der Waals surface area contributed by atoms with Crippen LogP contribution in [0.5, 0.6) is 0 Å². The quantitative estimate of drug-likeness (QED) is 0.532. The number of benzene rings is 1. The summed E-state index contributed by atoms with van der Waals surface area (Å²) in [6.07, 6.45) is 2.11. The molecule has 2 N–H and O–H groups in total. The van der Waals surface area contributed by atoms with Gasteiger partial charge in [-0.3, -0.25) is 9.59 Å². The van der Waals surface area contributed by atoms with Crippen LogP contribution in [0.1, 0.15) is 54.3 Å². The van der Waals surface area contributed by atoms with Gasteiger partial charge in [-0.15, -0.1) is 11.3 Å². The highest BCUT2D eigenvalue weighted by molar-refractivity contribution is 7.12. The SMILES string of the molecule is CCC(Cc1ccccc1)C1OC(=O)C(C(c2ccc(CNC(C)=O)s2)C2CC2)=C(O)C1=O. The molecule has 0 spiro atoms. The van der Waals surface area contributed by atoms with Crippen LogP contribution in [0.2, 0.25) is 0 Å². The lowest BCUT2D eigenvalue weighted by atomic mass is 9.83. The Balaban J connectivity index is 1.59. The van der Waals surface area contributed by atoms with Gasteiger partial charge in [0, 0.05) is 28.5 Å². The molecule has 1 aromatic heterocycles. The summed E-state index contributed by atoms with van der Waals surface area (Å²) in [5.41, 5.74) is 1.14. The predicted molar refractivity (Wildman–Crippen MR) is 126 cm³/mol. The highest BCUT2D eigenvalue weighted by Gasteiger charge is 2.47. The molecule has 4 rings (SSSR count). The smallest absolute Gasteiger partial charge is 0.339 e. The van der Waals surface area contributed by atoms with Crippen LogP contribution >= 0.6 is 11.3 Å². The van der Waals surface area contributed by atoms with Crippen LogP contribution in [-0.2, 0) is 32.1 Å². The van der Waals surface area contributed by atoms with Gasteiger partial charge in [-0.05, 0) is 49.3 Å². The van der Waals surface area contributed by atoms with Gasteiger partial charge >= 0.3 is 5.97 Å². The molecule has 1 amide bonds. The molecule has 0 saturated heterocycles. The Labute approximate surface area is 197 Å². The number of ether oxygens (including phenoxy) is 1. The number of nitrogens with one attached hydrogen (secondary N) is 1. The minimum Gasteiger partial charge on any atom is -0.504 e. The zero-order valence-corrected chi connectivity index (χ0v) is 19.7. The number of thiophene rings is 1. The van der Waals surface area contributed by atoms with Gasteiger partial charge in [-0.25, -0.2) is 4.79 Å². The molecule has 0 radical (unpaired) electrons. The van der Waals surface area contributed by atoms with Gasteiger partial charge in [-0.1, -0.05) is 37.3 Å². The summed E-state index contributed by atoms with van der Waals surface area (Å²) in [5.74, 6) is -2.05. The minimum atomic E-state index is -0.982. The highest BCUT2D eigenvalue weighted by Crippen LogP contribution is 2.50. The minimum absolute atomic E-state index is 0.0845. The molecule has 2 aromatic rings. The molecule has 2 aliphatic rings. The van der Waals surface area contributed by atoms with E-state index in [1.54, 1.807) is 0 Å². The zero-order chi connectivity index (χ0) is 23.5. The van der Waals surface area contributed by atoms with E-state index in [0.717, 1.165) is 28.2 Å². The number of hydrogen-bond donors (Lipinski definition) is 2. The lowest BCUT2D eigenvalue weighted by Crippen LogP contribution is -2.42. The summed E-state index contributed by atoms with van der Waals surface area (Å²) in [4.78, 5) is 39.4. The number of carbonyl (C=O) groups excluding carboxylic acids is 3. The van der Waals surface area contributed by atoms with E-state index >= 15 is 0 Å². The fourth-order valence-corrected chi connectivity index (χ4v) is 5.63. The van der Waals surface area contributed by atoms with Gasteiger partial charge in [0.2, 0.25) is 11.7 Å². The van der Waals surface area contributed by atoms with Gasteiger partial charge in [0.25, 0.3) is 0 Å². The summed E-state index contributed by atoms with van der Waals surface area (Å²) in [5, 5.41) is 13.7. The maximum Gasteiger partial charge on any atom is 0.339 e. The van der Waals surface area contributed by atoms with E-state index in [4.69, 9.17) is 4.74 Å². The first-order valence-electron chi connectivity index (χ1n) is 11.4. The highest BCUT2D eigenvalue weighted by atomic mass is 32.1. The molecule has 2 heterocycles. The number of ketones is 1. The summed E-state index contributed by atoms with van der Waals surface area (Å²) in [6.45, 7) is 3.83. The first-order chi connectivity index (χ1) is 15.9. The van der Waals surface area contributed by atoms with E-state index in [-0.39, 0.29) is 29.2 Å². The number of aliphatic hydroxyl groups is 1. The molecule has 0 bridgehead atoms. The van der Waals surface area contributed by atoms with Crippen molar-refractivity contribution in [3.05, 3.63) is 69.1 Å². The normalized spacial score (nSPS) is 20.4. The van der Waals surface area contributed by atoms with Crippen molar-refractivity contribution >= 4 is 29.0 Å². The lowest BCUT2D eigenvalue weighted by Gasteiger charge is -2.31. The topological polar surface area (TPSA) is 92.7 Å². The van der Waals surface area contributed by atoms with E-state index in [1.807, 2.05) is 49.4 Å². The Bertz CT molecular complexity index is 1070. The Morgan fingerprint density at radius 3 is 2.55 bits per heavy atom. The standard InChI is InChI=1S/C26H29NO5S/c1-3-17(13-16-7-5-4-6-8-16)25-24(30)23(29)22(26(31)32-25)21(18-9-10-18)20-12-11-19(33-20)14-27-15(2)28/h4-8,11-12,17-18,21,25,29H,3,9-10,13-14H2,1-2H3,(H,27,28). The van der Waals surface area contributed by atoms with Crippen LogP contribution in [0.15, 0.2) is 53.8 Å². The van der Waals surface area contributed by atoms with Crippen molar-refractivity contribution in [2.75, 3.05) is 0 Å². The third-order valence-corrected chi connectivity index (χ3v) is 7.57. The first-order valence-corrected chi connectivity index (χ1v) is 12.3. The van der Waals surface area contributed by atoms with Crippen LogP contribution in [0.3, 0.4) is 0 Å². The van der Waals surface area contributed by atoms with E-state index < -0.39 is 23.6 Å². The van der Waals surface area contributed by atoms with Crippen LogP contribution in [0.4, 0.5) is 0 Å². The Morgan fingerprint density at radius 2 is 1.91 bits per heavy atom. The third-order valence-electron chi connectivity index (χ3n) is 6.40. The molecular formula is C26H29NO5S. The van der Waals surface area contributed by atoms with Crippen molar-refractivity contribution in [1.29, 1.82) is 0 Å². The molecule has 1 aromatic carbocycles. The van der Waals surface area contributed by atoms with Crippen molar-refractivity contribution in [3.8, 4) is 0 Å². The third kappa shape index (κ3) is 5.19. The van der Waals surface area contributed by atoms with Crippen molar-refractivity contribution in [3.63, 3.8) is 0 Å². The van der Waals surface area contributed by atoms with E-state index in [2.05, 4.69) is 5.32 Å². The summed E-state index contributed by atoms with van der Waals surface area (Å²) < 4.78 is 5.71. The molecule has 174 valence electrons. The lowest BCUT2D eigenvalue weighted by molar-refractivity contribution is -0.158. The molecule has 7 heteroatoms. The maximum atomic E-state index is 13.2. The molecule has 3 atom stereocenters. The second-order valence-electron chi connectivity index (χ2n) is 8.84. The maximum absolute atomic E-state index is 13.2. The number of aliphatic hydroxyl groups excluding tert-OH is 1. The van der Waals surface area contributed by atoms with Crippen molar-refractivity contribution in [2.45, 2.75) is 58.1 Å².